The molecule has 0 aromatic heterocycles. The smallest absolute Gasteiger partial charge is 0.0865 e. The first kappa shape index (κ1) is 24.6. The number of ether oxygens (including phenoxy) is 1. The number of hydrogen-bond acceptors (Lipinski definition) is 3. The second-order valence-corrected chi connectivity index (χ2v) is 15.3. The van der Waals surface area contributed by atoms with Gasteiger partial charge in [0.25, 0.3) is 0 Å². The predicted molar refractivity (Wildman–Crippen MR) is 134 cm³/mol. The van der Waals surface area contributed by atoms with Crippen LogP contribution in [-0.4, -0.2) is 33.6 Å². The molecule has 33 heavy (non-hydrogen) atoms. The highest BCUT2D eigenvalue weighted by Crippen LogP contribution is 2.76. The third-order valence-electron chi connectivity index (χ3n) is 13.3. The van der Waals surface area contributed by atoms with Crippen LogP contribution >= 0.6 is 0 Å². The van der Waals surface area contributed by atoms with Crippen molar-refractivity contribution in [2.75, 3.05) is 0 Å². The number of fused-ring (bicyclic) bond motifs is 5. The molecule has 5 rings (SSSR count). The van der Waals surface area contributed by atoms with Gasteiger partial charge >= 0.3 is 0 Å². The molecule has 190 valence electrons. The van der Waals surface area contributed by atoms with Crippen molar-refractivity contribution in [1.29, 1.82) is 0 Å². The van der Waals surface area contributed by atoms with Crippen molar-refractivity contribution in [1.82, 2.24) is 0 Å². The largest absolute Gasteiger partial charge is 0.393 e. The lowest BCUT2D eigenvalue weighted by Gasteiger charge is -2.70. The van der Waals surface area contributed by atoms with Gasteiger partial charge in [-0.05, 0) is 130 Å². The summed E-state index contributed by atoms with van der Waals surface area (Å²) in [6, 6.07) is 0. The van der Waals surface area contributed by atoms with E-state index in [2.05, 4.69) is 41.5 Å². The molecule has 3 heteroatoms. The molecule has 4 aliphatic carbocycles. The van der Waals surface area contributed by atoms with E-state index in [4.69, 9.17) is 4.74 Å². The minimum atomic E-state index is -0.755. The van der Waals surface area contributed by atoms with Gasteiger partial charge in [-0.25, -0.2) is 0 Å². The van der Waals surface area contributed by atoms with Crippen LogP contribution in [0.3, 0.4) is 0 Å². The van der Waals surface area contributed by atoms with Gasteiger partial charge in [-0.1, -0.05) is 34.6 Å². The molecule has 1 aliphatic heterocycles. The maximum Gasteiger partial charge on any atom is 0.0865 e. The molecule has 5 fully saturated rings. The summed E-state index contributed by atoms with van der Waals surface area (Å²) in [6.45, 7) is 18.8. The van der Waals surface area contributed by atoms with Gasteiger partial charge in [0.1, 0.15) is 0 Å². The zero-order valence-corrected chi connectivity index (χ0v) is 22.8. The number of hydrogen-bond donors (Lipinski definition) is 2. The molecule has 0 aromatic carbocycles. The third-order valence-corrected chi connectivity index (χ3v) is 13.3. The van der Waals surface area contributed by atoms with E-state index in [1.54, 1.807) is 0 Å². The topological polar surface area (TPSA) is 49.7 Å². The fourth-order valence-corrected chi connectivity index (χ4v) is 11.1. The van der Waals surface area contributed by atoms with Crippen molar-refractivity contribution in [2.24, 2.45) is 45.3 Å². The molecule has 1 heterocycles. The molecule has 3 nitrogen and oxygen atoms in total. The maximum atomic E-state index is 10.9. The summed E-state index contributed by atoms with van der Waals surface area (Å²) >= 11 is 0. The van der Waals surface area contributed by atoms with Crippen LogP contribution in [0.1, 0.15) is 120 Å². The Bertz CT molecular complexity index is 784. The van der Waals surface area contributed by atoms with Crippen LogP contribution in [0, 0.1) is 45.3 Å². The number of aliphatic hydroxyl groups is 2. The minimum Gasteiger partial charge on any atom is -0.393 e. The van der Waals surface area contributed by atoms with Crippen molar-refractivity contribution in [3.05, 3.63) is 0 Å². The molecule has 0 amide bonds. The summed E-state index contributed by atoms with van der Waals surface area (Å²) < 4.78 is 6.73. The number of aliphatic hydroxyl groups excluding tert-OH is 1. The van der Waals surface area contributed by atoms with Crippen molar-refractivity contribution < 1.29 is 14.9 Å². The van der Waals surface area contributed by atoms with Gasteiger partial charge in [-0.3, -0.25) is 0 Å². The molecule has 4 saturated carbocycles. The average molecular weight is 461 g/mol. The zero-order chi connectivity index (χ0) is 24.2. The summed E-state index contributed by atoms with van der Waals surface area (Å²) in [4.78, 5) is 0. The van der Waals surface area contributed by atoms with Crippen molar-refractivity contribution in [3.8, 4) is 0 Å². The first-order valence-electron chi connectivity index (χ1n) is 14.2. The van der Waals surface area contributed by atoms with Crippen molar-refractivity contribution in [2.45, 2.75) is 143 Å². The lowest BCUT2D eigenvalue weighted by atomic mass is 9.35. The second kappa shape index (κ2) is 7.22. The SMILES string of the molecule is CC(C)(O)[C@H]1CC[C@@](C)([C@H]2CC[C@]3(C)[C@@H]2CC[C@@H]2[C@@]4(C)CC[C@@H](O)C(C)(C)[C@@H]4CC[C@]23C)O1. The molecule has 0 unspecified atom stereocenters. The Morgan fingerprint density at radius 1 is 0.697 bits per heavy atom. The molecule has 5 aliphatic rings. The van der Waals surface area contributed by atoms with Crippen LogP contribution in [0.5, 0.6) is 0 Å². The lowest BCUT2D eigenvalue weighted by Crippen LogP contribution is -2.64. The highest BCUT2D eigenvalue weighted by molar-refractivity contribution is 5.18. The van der Waals surface area contributed by atoms with E-state index >= 15 is 0 Å². The Hall–Kier alpha value is -0.120. The Balaban J connectivity index is 1.44. The van der Waals surface area contributed by atoms with Crippen LogP contribution < -0.4 is 0 Å². The first-order chi connectivity index (χ1) is 15.1. The van der Waals surface area contributed by atoms with Crippen LogP contribution in [0.2, 0.25) is 0 Å². The van der Waals surface area contributed by atoms with Crippen LogP contribution in [-0.2, 0) is 4.74 Å². The van der Waals surface area contributed by atoms with Crippen molar-refractivity contribution in [3.63, 3.8) is 0 Å². The Kier molecular flexibility index (Phi) is 5.38. The summed E-state index contributed by atoms with van der Waals surface area (Å²) in [5.41, 5.74) is 0.277. The first-order valence-corrected chi connectivity index (χ1v) is 14.2. The van der Waals surface area contributed by atoms with Gasteiger partial charge in [-0.15, -0.1) is 0 Å². The molecular formula is C30H52O3. The van der Waals surface area contributed by atoms with Gasteiger partial charge in [0.2, 0.25) is 0 Å². The molecular weight excluding hydrogens is 408 g/mol. The van der Waals surface area contributed by atoms with E-state index in [0.29, 0.717) is 28.1 Å². The van der Waals surface area contributed by atoms with E-state index in [0.717, 1.165) is 31.1 Å². The lowest BCUT2D eigenvalue weighted by molar-refractivity contribution is -0.227. The Labute approximate surface area is 203 Å². The second-order valence-electron chi connectivity index (χ2n) is 15.3. The summed E-state index contributed by atoms with van der Waals surface area (Å²) in [5, 5.41) is 21.5. The van der Waals surface area contributed by atoms with Crippen LogP contribution in [0.4, 0.5) is 0 Å². The highest BCUT2D eigenvalue weighted by atomic mass is 16.5. The Morgan fingerprint density at radius 3 is 2.00 bits per heavy atom. The van der Waals surface area contributed by atoms with Crippen LogP contribution in [0.15, 0.2) is 0 Å². The fraction of sp³-hybridized carbons (Fsp3) is 1.00. The summed E-state index contributed by atoms with van der Waals surface area (Å²) in [6.07, 6.45) is 11.9. The zero-order valence-electron chi connectivity index (χ0n) is 22.8. The quantitative estimate of drug-likeness (QED) is 0.480. The molecule has 10 atom stereocenters. The van der Waals surface area contributed by atoms with Crippen LogP contribution in [0.25, 0.3) is 0 Å². The van der Waals surface area contributed by atoms with Gasteiger partial charge in [0.05, 0.1) is 23.4 Å². The molecule has 2 N–H and O–H groups in total. The van der Waals surface area contributed by atoms with E-state index < -0.39 is 5.60 Å². The van der Waals surface area contributed by atoms with Gasteiger partial charge in [0, 0.05) is 0 Å². The van der Waals surface area contributed by atoms with E-state index in [1.807, 2.05) is 13.8 Å². The normalized spacial score (nSPS) is 56.2. The molecule has 0 aromatic rings. The average Bonchev–Trinajstić information content (AvgIpc) is 3.27. The summed E-state index contributed by atoms with van der Waals surface area (Å²) in [7, 11) is 0. The van der Waals surface area contributed by atoms with E-state index in [1.165, 1.54) is 44.9 Å². The minimum absolute atomic E-state index is 0.0293. The molecule has 0 bridgehead atoms. The predicted octanol–water partition coefficient (Wildman–Crippen LogP) is 6.74. The van der Waals surface area contributed by atoms with E-state index in [-0.39, 0.29) is 23.2 Å². The monoisotopic (exact) mass is 460 g/mol. The van der Waals surface area contributed by atoms with Gasteiger partial charge < -0.3 is 14.9 Å². The van der Waals surface area contributed by atoms with Crippen molar-refractivity contribution >= 4 is 0 Å². The summed E-state index contributed by atoms with van der Waals surface area (Å²) in [5.74, 6) is 2.73. The Morgan fingerprint density at radius 2 is 1.36 bits per heavy atom. The number of rotatable bonds is 2. The maximum absolute atomic E-state index is 10.9. The third kappa shape index (κ3) is 3.16. The molecule has 0 spiro atoms. The molecule has 0 radical (unpaired) electrons. The van der Waals surface area contributed by atoms with E-state index in [9.17, 15) is 10.2 Å². The van der Waals surface area contributed by atoms with Gasteiger partial charge in [-0.2, -0.15) is 0 Å². The standard InChI is InChI=1S/C30H52O3/c1-25(2)21-12-17-29(7)22(27(21,5)15-13-23(25)31)10-9-19-20(11-16-28(19,29)6)30(8)18-14-24(33-30)26(3,4)32/h19-24,31-32H,9-18H2,1-8H3/t19-,20+,21+,22-,23-,24-,27+,28-,29-,30+/m1/s1. The van der Waals surface area contributed by atoms with Gasteiger partial charge in [0.15, 0.2) is 0 Å². The molecule has 1 saturated heterocycles. The highest BCUT2D eigenvalue weighted by Gasteiger charge is 2.70. The fourth-order valence-electron chi connectivity index (χ4n) is 11.1.